The van der Waals surface area contributed by atoms with Crippen LogP contribution in [0.5, 0.6) is 5.88 Å². The van der Waals surface area contributed by atoms with Gasteiger partial charge in [-0.1, -0.05) is 38.1 Å². The van der Waals surface area contributed by atoms with E-state index in [-0.39, 0.29) is 5.54 Å². The van der Waals surface area contributed by atoms with E-state index >= 15 is 0 Å². The Labute approximate surface area is 176 Å². The van der Waals surface area contributed by atoms with E-state index in [1.807, 2.05) is 13.1 Å². The standard InChI is InChI=1S/C25H37N3O/c1-7-29-24-16-20(12-13-26-24)17-27-14-15-28(25(4,5)6)23(18-27)22-11-9-8-10-21(22)19(2)3/h8-13,16,19,23H,7,14-15,17-18H2,1-6H3. The van der Waals surface area contributed by atoms with Crippen molar-refractivity contribution in [3.05, 3.63) is 59.3 Å². The summed E-state index contributed by atoms with van der Waals surface area (Å²) in [6.07, 6.45) is 1.86. The van der Waals surface area contributed by atoms with Crippen molar-refractivity contribution in [3.8, 4) is 5.88 Å². The quantitative estimate of drug-likeness (QED) is 0.667. The van der Waals surface area contributed by atoms with Gasteiger partial charge in [0.15, 0.2) is 0 Å². The summed E-state index contributed by atoms with van der Waals surface area (Å²) >= 11 is 0. The second-order valence-corrected chi connectivity index (χ2v) is 9.33. The molecule has 0 radical (unpaired) electrons. The zero-order chi connectivity index (χ0) is 21.0. The van der Waals surface area contributed by atoms with Crippen LogP contribution >= 0.6 is 0 Å². The highest BCUT2D eigenvalue weighted by molar-refractivity contribution is 5.33. The third-order valence-electron chi connectivity index (χ3n) is 5.80. The molecule has 0 amide bonds. The van der Waals surface area contributed by atoms with Crippen molar-refractivity contribution in [1.29, 1.82) is 0 Å². The van der Waals surface area contributed by atoms with E-state index in [9.17, 15) is 0 Å². The van der Waals surface area contributed by atoms with Crippen molar-refractivity contribution in [2.24, 2.45) is 0 Å². The first kappa shape index (κ1) is 21.8. The van der Waals surface area contributed by atoms with Crippen LogP contribution in [0.15, 0.2) is 42.6 Å². The Bertz CT molecular complexity index is 797. The van der Waals surface area contributed by atoms with Gasteiger partial charge in [-0.25, -0.2) is 4.98 Å². The molecule has 2 aromatic rings. The molecule has 0 bridgehead atoms. The van der Waals surface area contributed by atoms with E-state index in [0.717, 1.165) is 32.1 Å². The molecule has 3 rings (SSSR count). The van der Waals surface area contributed by atoms with Crippen molar-refractivity contribution < 1.29 is 4.74 Å². The van der Waals surface area contributed by atoms with E-state index in [2.05, 4.69) is 85.8 Å². The molecule has 1 fully saturated rings. The molecule has 4 nitrogen and oxygen atoms in total. The molecule has 1 aliphatic rings. The number of hydrogen-bond donors (Lipinski definition) is 0. The first-order valence-corrected chi connectivity index (χ1v) is 10.9. The second-order valence-electron chi connectivity index (χ2n) is 9.33. The lowest BCUT2D eigenvalue weighted by atomic mass is 9.88. The minimum atomic E-state index is 0.139. The summed E-state index contributed by atoms with van der Waals surface area (Å²) in [7, 11) is 0. The molecule has 4 heteroatoms. The van der Waals surface area contributed by atoms with Crippen LogP contribution in [0.25, 0.3) is 0 Å². The third-order valence-corrected chi connectivity index (χ3v) is 5.80. The van der Waals surface area contributed by atoms with Gasteiger partial charge in [0.05, 0.1) is 6.61 Å². The molecule has 1 aromatic carbocycles. The van der Waals surface area contributed by atoms with E-state index in [1.54, 1.807) is 0 Å². The lowest BCUT2D eigenvalue weighted by molar-refractivity contribution is 0.00552. The summed E-state index contributed by atoms with van der Waals surface area (Å²) < 4.78 is 5.59. The van der Waals surface area contributed by atoms with E-state index < -0.39 is 0 Å². The van der Waals surface area contributed by atoms with Crippen molar-refractivity contribution in [2.45, 2.75) is 65.6 Å². The molecule has 1 unspecified atom stereocenters. The average Bonchev–Trinajstić information content (AvgIpc) is 2.67. The molecule has 0 N–H and O–H groups in total. The fourth-order valence-electron chi connectivity index (χ4n) is 4.43. The van der Waals surface area contributed by atoms with Gasteiger partial charge in [0.25, 0.3) is 0 Å². The summed E-state index contributed by atoms with van der Waals surface area (Å²) in [5.41, 5.74) is 4.35. The van der Waals surface area contributed by atoms with E-state index in [0.29, 0.717) is 18.6 Å². The highest BCUT2D eigenvalue weighted by Gasteiger charge is 2.35. The first-order valence-electron chi connectivity index (χ1n) is 10.9. The fourth-order valence-corrected chi connectivity index (χ4v) is 4.43. The van der Waals surface area contributed by atoms with Gasteiger partial charge in [0.2, 0.25) is 5.88 Å². The highest BCUT2D eigenvalue weighted by atomic mass is 16.5. The molecule has 0 spiro atoms. The topological polar surface area (TPSA) is 28.6 Å². The van der Waals surface area contributed by atoms with Gasteiger partial charge in [-0.05, 0) is 56.4 Å². The van der Waals surface area contributed by atoms with Gasteiger partial charge in [-0.2, -0.15) is 0 Å². The van der Waals surface area contributed by atoms with Crippen molar-refractivity contribution >= 4 is 0 Å². The number of aromatic nitrogens is 1. The Balaban J connectivity index is 1.85. The zero-order valence-electron chi connectivity index (χ0n) is 19.0. The summed E-state index contributed by atoms with van der Waals surface area (Å²) in [5, 5.41) is 0. The fraction of sp³-hybridized carbons (Fsp3) is 0.560. The molecular weight excluding hydrogens is 358 g/mol. The van der Waals surface area contributed by atoms with Gasteiger partial charge in [0.1, 0.15) is 0 Å². The van der Waals surface area contributed by atoms with Crippen molar-refractivity contribution in [2.75, 3.05) is 26.2 Å². The minimum absolute atomic E-state index is 0.139. The maximum absolute atomic E-state index is 5.59. The SMILES string of the molecule is CCOc1cc(CN2CCN(C(C)(C)C)C(c3ccccc3C(C)C)C2)ccn1. The van der Waals surface area contributed by atoms with Gasteiger partial charge in [-0.15, -0.1) is 0 Å². The highest BCUT2D eigenvalue weighted by Crippen LogP contribution is 2.36. The van der Waals surface area contributed by atoms with Gasteiger partial charge >= 0.3 is 0 Å². The average molecular weight is 396 g/mol. The predicted molar refractivity (Wildman–Crippen MR) is 120 cm³/mol. The van der Waals surface area contributed by atoms with E-state index in [1.165, 1.54) is 16.7 Å². The largest absolute Gasteiger partial charge is 0.478 e. The lowest BCUT2D eigenvalue weighted by Gasteiger charge is -2.49. The summed E-state index contributed by atoms with van der Waals surface area (Å²) in [6.45, 7) is 18.4. The number of pyridine rings is 1. The summed E-state index contributed by atoms with van der Waals surface area (Å²) in [6, 6.07) is 13.6. The molecular formula is C25H37N3O. The smallest absolute Gasteiger partial charge is 0.213 e. The van der Waals surface area contributed by atoms with Crippen LogP contribution in [0.1, 0.15) is 70.2 Å². The van der Waals surface area contributed by atoms with Crippen molar-refractivity contribution in [1.82, 2.24) is 14.8 Å². The molecule has 2 heterocycles. The zero-order valence-corrected chi connectivity index (χ0v) is 19.0. The minimum Gasteiger partial charge on any atom is -0.478 e. The third kappa shape index (κ3) is 5.37. The molecule has 1 atom stereocenters. The van der Waals surface area contributed by atoms with E-state index in [4.69, 9.17) is 4.74 Å². The molecule has 0 aliphatic carbocycles. The number of piperazine rings is 1. The Morgan fingerprint density at radius 2 is 1.90 bits per heavy atom. The summed E-state index contributed by atoms with van der Waals surface area (Å²) in [4.78, 5) is 9.57. The lowest BCUT2D eigenvalue weighted by Crippen LogP contribution is -2.55. The van der Waals surface area contributed by atoms with Crippen LogP contribution in [-0.2, 0) is 6.54 Å². The second kappa shape index (κ2) is 9.27. The van der Waals surface area contributed by atoms with Crippen LogP contribution in [0.4, 0.5) is 0 Å². The Kier molecular flexibility index (Phi) is 6.97. The molecule has 158 valence electrons. The van der Waals surface area contributed by atoms with Crippen molar-refractivity contribution in [3.63, 3.8) is 0 Å². The van der Waals surface area contributed by atoms with Crippen LogP contribution in [0.3, 0.4) is 0 Å². The Hall–Kier alpha value is -1.91. The van der Waals surface area contributed by atoms with Gasteiger partial charge < -0.3 is 4.74 Å². The van der Waals surface area contributed by atoms with Crippen LogP contribution in [-0.4, -0.2) is 46.6 Å². The number of benzene rings is 1. The Morgan fingerprint density at radius 3 is 2.59 bits per heavy atom. The van der Waals surface area contributed by atoms with Crippen LogP contribution in [0, 0.1) is 0 Å². The number of ether oxygens (including phenoxy) is 1. The maximum Gasteiger partial charge on any atom is 0.213 e. The first-order chi connectivity index (χ1) is 13.8. The molecule has 1 aromatic heterocycles. The number of hydrogen-bond acceptors (Lipinski definition) is 4. The van der Waals surface area contributed by atoms with Crippen LogP contribution in [0.2, 0.25) is 0 Å². The number of rotatable bonds is 6. The van der Waals surface area contributed by atoms with Crippen LogP contribution < -0.4 is 4.74 Å². The molecule has 29 heavy (non-hydrogen) atoms. The normalized spacial score (nSPS) is 18.9. The molecule has 1 saturated heterocycles. The number of nitrogens with zero attached hydrogens (tertiary/aromatic N) is 3. The molecule has 0 saturated carbocycles. The Morgan fingerprint density at radius 1 is 1.14 bits per heavy atom. The molecule has 1 aliphatic heterocycles. The maximum atomic E-state index is 5.59. The predicted octanol–water partition coefficient (Wildman–Crippen LogP) is 5.26. The summed E-state index contributed by atoms with van der Waals surface area (Å²) in [5.74, 6) is 1.25. The van der Waals surface area contributed by atoms with Gasteiger partial charge in [0, 0.05) is 50.0 Å². The van der Waals surface area contributed by atoms with Gasteiger partial charge in [-0.3, -0.25) is 9.80 Å². The monoisotopic (exact) mass is 395 g/mol.